The highest BCUT2D eigenvalue weighted by molar-refractivity contribution is 9.10. The lowest BCUT2D eigenvalue weighted by Gasteiger charge is -2.02. The second kappa shape index (κ2) is 4.28. The van der Waals surface area contributed by atoms with Gasteiger partial charge in [0.15, 0.2) is 0 Å². The first-order valence-electron chi connectivity index (χ1n) is 3.74. The summed E-state index contributed by atoms with van der Waals surface area (Å²) >= 11 is 3.27. The maximum Gasteiger partial charge on any atom is 0.309 e. The SMILES string of the molecule is COC(=O)Cc1ccc(Br)c(N)c1. The summed E-state index contributed by atoms with van der Waals surface area (Å²) in [6.45, 7) is 0. The molecule has 3 nitrogen and oxygen atoms in total. The van der Waals surface area contributed by atoms with E-state index in [4.69, 9.17) is 5.73 Å². The van der Waals surface area contributed by atoms with E-state index in [0.717, 1.165) is 10.0 Å². The van der Waals surface area contributed by atoms with Crippen molar-refractivity contribution in [3.63, 3.8) is 0 Å². The molecule has 13 heavy (non-hydrogen) atoms. The third-order valence-electron chi connectivity index (χ3n) is 1.64. The van der Waals surface area contributed by atoms with Gasteiger partial charge in [0.05, 0.1) is 13.5 Å². The van der Waals surface area contributed by atoms with Crippen molar-refractivity contribution in [2.75, 3.05) is 12.8 Å². The predicted octanol–water partition coefficient (Wildman–Crippen LogP) is 1.75. The van der Waals surface area contributed by atoms with Crippen LogP contribution in [-0.4, -0.2) is 13.1 Å². The first kappa shape index (κ1) is 10.1. The minimum Gasteiger partial charge on any atom is -0.469 e. The Bertz CT molecular complexity index is 325. The third-order valence-corrected chi connectivity index (χ3v) is 2.36. The second-order valence-corrected chi connectivity index (χ2v) is 3.46. The van der Waals surface area contributed by atoms with Gasteiger partial charge in [-0.25, -0.2) is 0 Å². The number of methoxy groups -OCH3 is 1. The number of hydrogen-bond donors (Lipinski definition) is 1. The van der Waals surface area contributed by atoms with Crippen LogP contribution >= 0.6 is 15.9 Å². The van der Waals surface area contributed by atoms with Crippen molar-refractivity contribution in [3.05, 3.63) is 28.2 Å². The topological polar surface area (TPSA) is 52.3 Å². The molecule has 4 heteroatoms. The van der Waals surface area contributed by atoms with Gasteiger partial charge in [0.25, 0.3) is 0 Å². The largest absolute Gasteiger partial charge is 0.469 e. The minimum absolute atomic E-state index is 0.258. The molecule has 0 amide bonds. The van der Waals surface area contributed by atoms with Crippen LogP contribution in [0.5, 0.6) is 0 Å². The molecular weight excluding hydrogens is 234 g/mol. The fourth-order valence-electron chi connectivity index (χ4n) is 0.942. The third kappa shape index (κ3) is 2.73. The van der Waals surface area contributed by atoms with Crippen molar-refractivity contribution in [3.8, 4) is 0 Å². The number of benzene rings is 1. The van der Waals surface area contributed by atoms with Gasteiger partial charge < -0.3 is 10.5 Å². The van der Waals surface area contributed by atoms with Gasteiger partial charge in [0, 0.05) is 10.2 Å². The van der Waals surface area contributed by atoms with Gasteiger partial charge in [0.2, 0.25) is 0 Å². The van der Waals surface area contributed by atoms with E-state index in [1.807, 2.05) is 12.1 Å². The number of halogens is 1. The molecule has 0 saturated carbocycles. The van der Waals surface area contributed by atoms with Crippen LogP contribution in [0.1, 0.15) is 5.56 Å². The van der Waals surface area contributed by atoms with E-state index in [1.165, 1.54) is 7.11 Å². The van der Waals surface area contributed by atoms with Gasteiger partial charge in [-0.1, -0.05) is 6.07 Å². The van der Waals surface area contributed by atoms with Crippen LogP contribution in [0.2, 0.25) is 0 Å². The molecule has 0 aliphatic heterocycles. The molecule has 1 rings (SSSR count). The zero-order chi connectivity index (χ0) is 9.84. The number of carbonyl (C=O) groups excluding carboxylic acids is 1. The van der Waals surface area contributed by atoms with E-state index in [-0.39, 0.29) is 12.4 Å². The molecule has 0 fully saturated rings. The molecule has 2 N–H and O–H groups in total. The maximum atomic E-state index is 10.9. The van der Waals surface area contributed by atoms with E-state index in [9.17, 15) is 4.79 Å². The fraction of sp³-hybridized carbons (Fsp3) is 0.222. The molecule has 0 radical (unpaired) electrons. The molecule has 0 unspecified atom stereocenters. The van der Waals surface area contributed by atoms with Gasteiger partial charge >= 0.3 is 5.97 Å². The van der Waals surface area contributed by atoms with Crippen molar-refractivity contribution in [1.82, 2.24) is 0 Å². The van der Waals surface area contributed by atoms with Crippen LogP contribution in [0.15, 0.2) is 22.7 Å². The highest BCUT2D eigenvalue weighted by Crippen LogP contribution is 2.20. The van der Waals surface area contributed by atoms with Crippen molar-refractivity contribution in [1.29, 1.82) is 0 Å². The van der Waals surface area contributed by atoms with Gasteiger partial charge in [0.1, 0.15) is 0 Å². The lowest BCUT2D eigenvalue weighted by atomic mass is 10.1. The number of esters is 1. The number of hydrogen-bond acceptors (Lipinski definition) is 3. The second-order valence-electron chi connectivity index (χ2n) is 2.61. The number of carbonyl (C=O) groups is 1. The summed E-state index contributed by atoms with van der Waals surface area (Å²) in [7, 11) is 1.37. The fourth-order valence-corrected chi connectivity index (χ4v) is 1.19. The van der Waals surface area contributed by atoms with Crippen LogP contribution < -0.4 is 5.73 Å². The molecule has 1 aromatic rings. The molecule has 0 aliphatic rings. The van der Waals surface area contributed by atoms with Crippen molar-refractivity contribution < 1.29 is 9.53 Å². The summed E-state index contributed by atoms with van der Waals surface area (Å²) in [5, 5.41) is 0. The Balaban J connectivity index is 2.79. The zero-order valence-electron chi connectivity index (χ0n) is 7.21. The summed E-state index contributed by atoms with van der Waals surface area (Å²) in [5.74, 6) is -0.262. The number of nitrogen functional groups attached to an aromatic ring is 1. The highest BCUT2D eigenvalue weighted by atomic mass is 79.9. The summed E-state index contributed by atoms with van der Waals surface area (Å²) in [5.41, 5.74) is 7.12. The molecule has 0 atom stereocenters. The molecule has 0 saturated heterocycles. The number of ether oxygens (including phenoxy) is 1. The number of rotatable bonds is 2. The summed E-state index contributed by atoms with van der Waals surface area (Å²) < 4.78 is 5.37. The average molecular weight is 244 g/mol. The van der Waals surface area contributed by atoms with E-state index in [1.54, 1.807) is 6.07 Å². The standard InChI is InChI=1S/C9H10BrNO2/c1-13-9(12)5-6-2-3-7(10)8(11)4-6/h2-4H,5,11H2,1H3. The van der Waals surface area contributed by atoms with Crippen LogP contribution in [0, 0.1) is 0 Å². The first-order valence-corrected chi connectivity index (χ1v) is 4.53. The molecule has 0 bridgehead atoms. The van der Waals surface area contributed by atoms with Gasteiger partial charge in [-0.15, -0.1) is 0 Å². The lowest BCUT2D eigenvalue weighted by molar-refractivity contribution is -0.139. The first-order chi connectivity index (χ1) is 6.13. The minimum atomic E-state index is -0.262. The van der Waals surface area contributed by atoms with Gasteiger partial charge in [-0.05, 0) is 33.6 Å². The monoisotopic (exact) mass is 243 g/mol. The van der Waals surface area contributed by atoms with E-state index in [0.29, 0.717) is 5.69 Å². The van der Waals surface area contributed by atoms with Crippen molar-refractivity contribution in [2.45, 2.75) is 6.42 Å². The van der Waals surface area contributed by atoms with Crippen LogP contribution in [0.25, 0.3) is 0 Å². The predicted molar refractivity (Wildman–Crippen MR) is 54.3 cm³/mol. The molecule has 1 aromatic carbocycles. The van der Waals surface area contributed by atoms with Crippen LogP contribution in [0.3, 0.4) is 0 Å². The Labute approximate surface area is 85.0 Å². The quantitative estimate of drug-likeness (QED) is 0.636. The Kier molecular flexibility index (Phi) is 3.31. The zero-order valence-corrected chi connectivity index (χ0v) is 8.80. The van der Waals surface area contributed by atoms with Gasteiger partial charge in [-0.3, -0.25) is 4.79 Å². The Morgan fingerprint density at radius 1 is 1.62 bits per heavy atom. The maximum absolute atomic E-state index is 10.9. The Hall–Kier alpha value is -1.03. The normalized spacial score (nSPS) is 9.69. The smallest absolute Gasteiger partial charge is 0.309 e. The number of anilines is 1. The molecule has 0 heterocycles. The lowest BCUT2D eigenvalue weighted by Crippen LogP contribution is -2.04. The average Bonchev–Trinajstić information content (AvgIpc) is 2.11. The number of nitrogens with two attached hydrogens (primary N) is 1. The Morgan fingerprint density at radius 2 is 2.31 bits per heavy atom. The Morgan fingerprint density at radius 3 is 2.85 bits per heavy atom. The summed E-state index contributed by atoms with van der Waals surface area (Å²) in [6.07, 6.45) is 0.258. The molecule has 0 aliphatic carbocycles. The summed E-state index contributed by atoms with van der Waals surface area (Å²) in [6, 6.07) is 5.39. The van der Waals surface area contributed by atoms with Crippen molar-refractivity contribution >= 4 is 27.6 Å². The van der Waals surface area contributed by atoms with Crippen LogP contribution in [0.4, 0.5) is 5.69 Å². The van der Waals surface area contributed by atoms with E-state index < -0.39 is 0 Å². The molecule has 70 valence electrons. The van der Waals surface area contributed by atoms with Crippen LogP contribution in [-0.2, 0) is 16.0 Å². The van der Waals surface area contributed by atoms with Crippen molar-refractivity contribution in [2.24, 2.45) is 0 Å². The highest BCUT2D eigenvalue weighted by Gasteiger charge is 2.03. The summed E-state index contributed by atoms with van der Waals surface area (Å²) in [4.78, 5) is 10.9. The molecular formula is C9H10BrNO2. The molecule has 0 spiro atoms. The molecule has 0 aromatic heterocycles. The van der Waals surface area contributed by atoms with E-state index in [2.05, 4.69) is 20.7 Å². The van der Waals surface area contributed by atoms with E-state index >= 15 is 0 Å². The van der Waals surface area contributed by atoms with Gasteiger partial charge in [-0.2, -0.15) is 0 Å².